The first-order valence-electron chi connectivity index (χ1n) is 8.03. The molecule has 0 aliphatic heterocycles. The summed E-state index contributed by atoms with van der Waals surface area (Å²) >= 11 is 0. The maximum Gasteiger partial charge on any atom is 0.338 e. The van der Waals surface area contributed by atoms with E-state index in [1.807, 2.05) is 0 Å². The number of carbonyl (C=O) groups excluding carboxylic acids is 2. The zero-order chi connectivity index (χ0) is 20.0. The lowest BCUT2D eigenvalue weighted by Gasteiger charge is -2.13. The van der Waals surface area contributed by atoms with E-state index < -0.39 is 33.8 Å². The number of nitrogens with two attached hydrogens (primary N) is 1. The molecule has 0 aromatic heterocycles. The normalized spacial score (nSPS) is 12.3. The molecule has 0 aliphatic rings. The van der Waals surface area contributed by atoms with Gasteiger partial charge in [-0.2, -0.15) is 0 Å². The molecule has 27 heavy (non-hydrogen) atoms. The number of hydrogen-bond acceptors (Lipinski definition) is 5. The first-order chi connectivity index (χ1) is 12.7. The van der Waals surface area contributed by atoms with Crippen LogP contribution in [-0.2, 0) is 26.0 Å². The molecular formula is C18H19FN2O5S. The monoisotopic (exact) mass is 394 g/mol. The zero-order valence-electron chi connectivity index (χ0n) is 14.5. The summed E-state index contributed by atoms with van der Waals surface area (Å²) in [4.78, 5) is 23.9. The van der Waals surface area contributed by atoms with Crippen molar-refractivity contribution in [1.29, 1.82) is 0 Å². The second kappa shape index (κ2) is 8.74. The fourth-order valence-corrected chi connectivity index (χ4v) is 2.70. The molecule has 1 atom stereocenters. The number of sulfonamides is 1. The van der Waals surface area contributed by atoms with Gasteiger partial charge in [-0.1, -0.05) is 12.1 Å². The number of halogens is 1. The molecule has 0 heterocycles. The van der Waals surface area contributed by atoms with Gasteiger partial charge in [0.1, 0.15) is 5.82 Å². The standard InChI is InChI=1S/C18H19FN2O5S/c1-12(26-18(23)14-4-6-15(19)7-5-14)17(22)21-11-10-13-2-8-16(9-3-13)27(20,24)25/h2-9,12H,10-11H2,1H3,(H,21,22)(H2,20,24,25). The van der Waals surface area contributed by atoms with Crippen LogP contribution in [0.4, 0.5) is 4.39 Å². The van der Waals surface area contributed by atoms with Crippen LogP contribution in [0.25, 0.3) is 0 Å². The first kappa shape index (κ1) is 20.5. The van der Waals surface area contributed by atoms with E-state index in [-0.39, 0.29) is 17.0 Å². The van der Waals surface area contributed by atoms with Crippen molar-refractivity contribution in [2.45, 2.75) is 24.3 Å². The molecule has 0 radical (unpaired) electrons. The van der Waals surface area contributed by atoms with Gasteiger partial charge in [-0.3, -0.25) is 4.79 Å². The van der Waals surface area contributed by atoms with Crippen molar-refractivity contribution in [3.8, 4) is 0 Å². The van der Waals surface area contributed by atoms with Gasteiger partial charge < -0.3 is 10.1 Å². The predicted molar refractivity (Wildman–Crippen MR) is 95.8 cm³/mol. The molecule has 2 rings (SSSR count). The molecule has 2 aromatic rings. The third-order valence-corrected chi connectivity index (χ3v) is 4.63. The highest BCUT2D eigenvalue weighted by molar-refractivity contribution is 7.89. The van der Waals surface area contributed by atoms with Gasteiger partial charge in [0, 0.05) is 6.54 Å². The molecule has 144 valence electrons. The average molecular weight is 394 g/mol. The largest absolute Gasteiger partial charge is 0.449 e. The molecule has 0 saturated heterocycles. The molecule has 0 saturated carbocycles. The van der Waals surface area contributed by atoms with E-state index in [0.717, 1.165) is 17.7 Å². The summed E-state index contributed by atoms with van der Waals surface area (Å²) in [7, 11) is -3.74. The van der Waals surface area contributed by atoms with E-state index in [2.05, 4.69) is 5.32 Å². The molecule has 0 fully saturated rings. The molecule has 7 nitrogen and oxygen atoms in total. The van der Waals surface area contributed by atoms with Crippen molar-refractivity contribution in [2.75, 3.05) is 6.54 Å². The number of amides is 1. The van der Waals surface area contributed by atoms with Crippen LogP contribution in [0.2, 0.25) is 0 Å². The smallest absolute Gasteiger partial charge is 0.338 e. The van der Waals surface area contributed by atoms with Crippen LogP contribution in [-0.4, -0.2) is 32.9 Å². The van der Waals surface area contributed by atoms with Crippen LogP contribution in [0.15, 0.2) is 53.4 Å². The minimum Gasteiger partial charge on any atom is -0.449 e. The Balaban J connectivity index is 1.81. The quantitative estimate of drug-likeness (QED) is 0.689. The summed E-state index contributed by atoms with van der Waals surface area (Å²) in [5.41, 5.74) is 0.949. The SMILES string of the molecule is CC(OC(=O)c1ccc(F)cc1)C(=O)NCCc1ccc(S(N)(=O)=O)cc1. The van der Waals surface area contributed by atoms with E-state index >= 15 is 0 Å². The molecule has 9 heteroatoms. The van der Waals surface area contributed by atoms with Gasteiger partial charge in [0.05, 0.1) is 10.5 Å². The summed E-state index contributed by atoms with van der Waals surface area (Å²) in [5.74, 6) is -1.68. The van der Waals surface area contributed by atoms with Gasteiger partial charge in [-0.15, -0.1) is 0 Å². The van der Waals surface area contributed by atoms with Crippen LogP contribution < -0.4 is 10.5 Å². The van der Waals surface area contributed by atoms with E-state index in [4.69, 9.17) is 9.88 Å². The highest BCUT2D eigenvalue weighted by atomic mass is 32.2. The van der Waals surface area contributed by atoms with Crippen LogP contribution in [0, 0.1) is 5.82 Å². The third-order valence-electron chi connectivity index (χ3n) is 3.70. The highest BCUT2D eigenvalue weighted by Gasteiger charge is 2.18. The number of rotatable bonds is 7. The Morgan fingerprint density at radius 3 is 2.26 bits per heavy atom. The highest BCUT2D eigenvalue weighted by Crippen LogP contribution is 2.09. The van der Waals surface area contributed by atoms with E-state index in [0.29, 0.717) is 6.42 Å². The van der Waals surface area contributed by atoms with E-state index in [9.17, 15) is 22.4 Å². The summed E-state index contributed by atoms with van der Waals surface area (Å²) in [6.45, 7) is 1.70. The van der Waals surface area contributed by atoms with Crippen LogP contribution in [0.5, 0.6) is 0 Å². The molecule has 0 bridgehead atoms. The lowest BCUT2D eigenvalue weighted by molar-refractivity contribution is -0.129. The van der Waals surface area contributed by atoms with Crippen molar-refractivity contribution >= 4 is 21.9 Å². The van der Waals surface area contributed by atoms with Crippen molar-refractivity contribution in [2.24, 2.45) is 5.14 Å². The van der Waals surface area contributed by atoms with Gasteiger partial charge in [-0.25, -0.2) is 22.7 Å². The Kier molecular flexibility index (Phi) is 6.65. The topological polar surface area (TPSA) is 116 Å². The van der Waals surface area contributed by atoms with E-state index in [1.165, 1.54) is 31.2 Å². The van der Waals surface area contributed by atoms with Gasteiger partial charge >= 0.3 is 5.97 Å². The first-order valence-corrected chi connectivity index (χ1v) is 9.57. The summed E-state index contributed by atoms with van der Waals surface area (Å²) in [5, 5.41) is 7.65. The van der Waals surface area contributed by atoms with Gasteiger partial charge in [0.25, 0.3) is 5.91 Å². The Bertz CT molecular complexity index is 912. The molecule has 2 aromatic carbocycles. The lowest BCUT2D eigenvalue weighted by Crippen LogP contribution is -2.36. The van der Waals surface area contributed by atoms with Crippen LogP contribution >= 0.6 is 0 Å². The number of benzene rings is 2. The maximum atomic E-state index is 12.8. The third kappa shape index (κ3) is 6.15. The summed E-state index contributed by atoms with van der Waals surface area (Å²) < 4.78 is 40.3. The number of esters is 1. The summed E-state index contributed by atoms with van der Waals surface area (Å²) in [6.07, 6.45) is -0.567. The Labute approximate surface area is 156 Å². The maximum absolute atomic E-state index is 12.8. The van der Waals surface area contributed by atoms with Crippen molar-refractivity contribution in [1.82, 2.24) is 5.32 Å². The Morgan fingerprint density at radius 2 is 1.70 bits per heavy atom. The minimum atomic E-state index is -3.74. The second-order valence-corrected chi connectivity index (χ2v) is 7.35. The van der Waals surface area contributed by atoms with Crippen molar-refractivity contribution in [3.05, 3.63) is 65.5 Å². The van der Waals surface area contributed by atoms with Gasteiger partial charge in [0.2, 0.25) is 10.0 Å². The fourth-order valence-electron chi connectivity index (χ4n) is 2.19. The molecule has 0 spiro atoms. The van der Waals surface area contributed by atoms with E-state index in [1.54, 1.807) is 12.1 Å². The number of primary sulfonamides is 1. The number of nitrogens with one attached hydrogen (secondary N) is 1. The van der Waals surface area contributed by atoms with Crippen LogP contribution in [0.3, 0.4) is 0 Å². The predicted octanol–water partition coefficient (Wildman–Crippen LogP) is 1.38. The molecule has 1 amide bonds. The molecule has 1 unspecified atom stereocenters. The lowest BCUT2D eigenvalue weighted by atomic mass is 10.1. The zero-order valence-corrected chi connectivity index (χ0v) is 15.3. The van der Waals surface area contributed by atoms with Crippen molar-refractivity contribution in [3.63, 3.8) is 0 Å². The number of carbonyl (C=O) groups is 2. The molecule has 3 N–H and O–H groups in total. The Morgan fingerprint density at radius 1 is 1.11 bits per heavy atom. The van der Waals surface area contributed by atoms with Gasteiger partial charge in [-0.05, 0) is 55.3 Å². The van der Waals surface area contributed by atoms with Crippen molar-refractivity contribution < 1.29 is 27.1 Å². The molecular weight excluding hydrogens is 375 g/mol. The minimum absolute atomic E-state index is 0.0108. The molecule has 0 aliphatic carbocycles. The average Bonchev–Trinajstić information content (AvgIpc) is 2.61. The second-order valence-electron chi connectivity index (χ2n) is 5.78. The number of ether oxygens (including phenoxy) is 1. The fraction of sp³-hybridized carbons (Fsp3) is 0.222. The Hall–Kier alpha value is -2.78. The van der Waals surface area contributed by atoms with Crippen LogP contribution in [0.1, 0.15) is 22.8 Å². The number of hydrogen-bond donors (Lipinski definition) is 2. The van der Waals surface area contributed by atoms with Gasteiger partial charge in [0.15, 0.2) is 6.10 Å². The summed E-state index contributed by atoms with van der Waals surface area (Å²) in [6, 6.07) is 10.8.